The van der Waals surface area contributed by atoms with Gasteiger partial charge in [0.15, 0.2) is 0 Å². The first kappa shape index (κ1) is 21.3. The Morgan fingerprint density at radius 1 is 1.32 bits per heavy atom. The third-order valence-electron chi connectivity index (χ3n) is 4.53. The highest BCUT2D eigenvalue weighted by Crippen LogP contribution is 2.21. The highest BCUT2D eigenvalue weighted by Gasteiger charge is 2.27. The van der Waals surface area contributed by atoms with Gasteiger partial charge in [0, 0.05) is 36.3 Å². The molecule has 1 aromatic rings. The van der Waals surface area contributed by atoms with E-state index >= 15 is 0 Å². The van der Waals surface area contributed by atoms with Gasteiger partial charge in [-0.15, -0.1) is 12.4 Å². The van der Waals surface area contributed by atoms with Crippen molar-refractivity contribution < 1.29 is 9.59 Å². The molecule has 3 N–H and O–H groups in total. The summed E-state index contributed by atoms with van der Waals surface area (Å²) in [4.78, 5) is 26.7. The summed E-state index contributed by atoms with van der Waals surface area (Å²) in [5.41, 5.74) is 7.66. The standard InChI is InChI=1S/C19H29N3O2.ClH/c1-13-7-8-15(20)10-16(13)17(23)22-9-5-6-14(12-22)11-21-18(24)19(2,3)4;/h7-8,10,14H,5-6,9,11-12,20H2,1-4H3,(H,21,24);1H. The van der Waals surface area contributed by atoms with Crippen molar-refractivity contribution in [2.24, 2.45) is 11.3 Å². The number of piperidine rings is 1. The van der Waals surface area contributed by atoms with Crippen LogP contribution in [0.25, 0.3) is 0 Å². The van der Waals surface area contributed by atoms with Crippen molar-refractivity contribution in [3.05, 3.63) is 29.3 Å². The molecule has 0 saturated carbocycles. The van der Waals surface area contributed by atoms with Crippen LogP contribution < -0.4 is 11.1 Å². The highest BCUT2D eigenvalue weighted by molar-refractivity contribution is 5.96. The van der Waals surface area contributed by atoms with E-state index < -0.39 is 0 Å². The van der Waals surface area contributed by atoms with E-state index in [0.29, 0.717) is 30.3 Å². The van der Waals surface area contributed by atoms with Crippen LogP contribution in [-0.4, -0.2) is 36.3 Å². The third-order valence-corrected chi connectivity index (χ3v) is 4.53. The first-order valence-electron chi connectivity index (χ1n) is 8.62. The number of nitrogen functional groups attached to an aromatic ring is 1. The van der Waals surface area contributed by atoms with Crippen molar-refractivity contribution in [1.29, 1.82) is 0 Å². The number of rotatable bonds is 3. The molecule has 1 aromatic carbocycles. The topological polar surface area (TPSA) is 75.4 Å². The van der Waals surface area contributed by atoms with Crippen molar-refractivity contribution in [3.8, 4) is 0 Å². The Morgan fingerprint density at radius 2 is 2.00 bits per heavy atom. The molecule has 2 rings (SSSR count). The average Bonchev–Trinajstić information content (AvgIpc) is 2.53. The van der Waals surface area contributed by atoms with E-state index in [0.717, 1.165) is 24.9 Å². The van der Waals surface area contributed by atoms with Crippen molar-refractivity contribution in [1.82, 2.24) is 10.2 Å². The number of carbonyl (C=O) groups excluding carboxylic acids is 2. The Morgan fingerprint density at radius 3 is 2.64 bits per heavy atom. The summed E-state index contributed by atoms with van der Waals surface area (Å²) in [6.45, 7) is 9.70. The SMILES string of the molecule is Cc1ccc(N)cc1C(=O)N1CCCC(CNC(=O)C(C)(C)C)C1.Cl. The molecule has 2 amide bonds. The number of carbonyl (C=O) groups is 2. The summed E-state index contributed by atoms with van der Waals surface area (Å²) in [7, 11) is 0. The van der Waals surface area contributed by atoms with Crippen LogP contribution in [0.1, 0.15) is 49.5 Å². The molecule has 140 valence electrons. The number of aryl methyl sites for hydroxylation is 1. The summed E-state index contributed by atoms with van der Waals surface area (Å²) in [5, 5.41) is 3.02. The smallest absolute Gasteiger partial charge is 0.254 e. The molecule has 25 heavy (non-hydrogen) atoms. The minimum atomic E-state index is -0.386. The molecule has 1 unspecified atom stereocenters. The number of nitrogens with zero attached hydrogens (tertiary/aromatic N) is 1. The van der Waals surface area contributed by atoms with Crippen LogP contribution in [-0.2, 0) is 4.79 Å². The number of amides is 2. The van der Waals surface area contributed by atoms with Gasteiger partial charge in [0.2, 0.25) is 5.91 Å². The molecule has 5 nitrogen and oxygen atoms in total. The van der Waals surface area contributed by atoms with Gasteiger partial charge < -0.3 is 16.0 Å². The van der Waals surface area contributed by atoms with Crippen molar-refractivity contribution in [3.63, 3.8) is 0 Å². The van der Waals surface area contributed by atoms with Gasteiger partial charge in [0.25, 0.3) is 5.91 Å². The van der Waals surface area contributed by atoms with Gasteiger partial charge >= 0.3 is 0 Å². The van der Waals surface area contributed by atoms with Gasteiger partial charge in [-0.3, -0.25) is 9.59 Å². The number of nitrogens with one attached hydrogen (secondary N) is 1. The van der Waals surface area contributed by atoms with Gasteiger partial charge in [0.1, 0.15) is 0 Å². The predicted octanol–water partition coefficient (Wildman–Crippen LogP) is 3.01. The second kappa shape index (κ2) is 8.56. The van der Waals surface area contributed by atoms with E-state index in [1.54, 1.807) is 6.07 Å². The van der Waals surface area contributed by atoms with Crippen LogP contribution in [0.15, 0.2) is 18.2 Å². The summed E-state index contributed by atoms with van der Waals surface area (Å²) in [6.07, 6.45) is 1.99. The van der Waals surface area contributed by atoms with Crippen molar-refractivity contribution in [2.75, 3.05) is 25.4 Å². The van der Waals surface area contributed by atoms with E-state index in [4.69, 9.17) is 5.73 Å². The number of anilines is 1. The Kier molecular flexibility index (Phi) is 7.29. The van der Waals surface area contributed by atoms with Crippen LogP contribution in [0.5, 0.6) is 0 Å². The van der Waals surface area contributed by atoms with Crippen LogP contribution in [0.2, 0.25) is 0 Å². The second-order valence-electron chi connectivity index (χ2n) is 7.79. The molecule has 0 bridgehead atoms. The largest absolute Gasteiger partial charge is 0.399 e. The van der Waals surface area contributed by atoms with E-state index in [1.165, 1.54) is 0 Å². The molecular formula is C19H30ClN3O2. The predicted molar refractivity (Wildman–Crippen MR) is 104 cm³/mol. The molecule has 0 aromatic heterocycles. The molecule has 1 heterocycles. The molecule has 6 heteroatoms. The Bertz CT molecular complexity index is 626. The average molecular weight is 368 g/mol. The fourth-order valence-corrected chi connectivity index (χ4v) is 2.96. The lowest BCUT2D eigenvalue weighted by molar-refractivity contribution is -0.128. The number of nitrogens with two attached hydrogens (primary N) is 1. The minimum Gasteiger partial charge on any atom is -0.399 e. The van der Waals surface area contributed by atoms with Crippen LogP contribution in [0, 0.1) is 18.3 Å². The monoisotopic (exact) mass is 367 g/mol. The number of halogens is 1. The quantitative estimate of drug-likeness (QED) is 0.806. The third kappa shape index (κ3) is 5.63. The van der Waals surface area contributed by atoms with Gasteiger partial charge in [-0.2, -0.15) is 0 Å². The lowest BCUT2D eigenvalue weighted by Gasteiger charge is -2.33. The molecule has 1 fully saturated rings. The van der Waals surface area contributed by atoms with Gasteiger partial charge in [-0.1, -0.05) is 26.8 Å². The normalized spacial score (nSPS) is 17.6. The van der Waals surface area contributed by atoms with Crippen LogP contribution in [0.3, 0.4) is 0 Å². The molecule has 1 atom stereocenters. The minimum absolute atomic E-state index is 0. The Balaban J connectivity index is 0.00000312. The van der Waals surface area contributed by atoms with Gasteiger partial charge in [-0.05, 0) is 43.4 Å². The lowest BCUT2D eigenvalue weighted by atomic mass is 9.93. The first-order chi connectivity index (χ1) is 11.2. The number of hydrogen-bond acceptors (Lipinski definition) is 3. The molecule has 1 aliphatic heterocycles. The summed E-state index contributed by atoms with van der Waals surface area (Å²) in [5.74, 6) is 0.389. The lowest BCUT2D eigenvalue weighted by Crippen LogP contribution is -2.45. The van der Waals surface area contributed by atoms with Crippen molar-refractivity contribution in [2.45, 2.75) is 40.5 Å². The summed E-state index contributed by atoms with van der Waals surface area (Å²) < 4.78 is 0. The first-order valence-corrected chi connectivity index (χ1v) is 8.62. The van der Waals surface area contributed by atoms with E-state index in [1.807, 2.05) is 44.7 Å². The van der Waals surface area contributed by atoms with Crippen LogP contribution >= 0.6 is 12.4 Å². The number of likely N-dealkylation sites (tertiary alicyclic amines) is 1. The van der Waals surface area contributed by atoms with Crippen molar-refractivity contribution >= 4 is 29.9 Å². The maximum Gasteiger partial charge on any atom is 0.254 e. The number of hydrogen-bond donors (Lipinski definition) is 2. The second-order valence-corrected chi connectivity index (χ2v) is 7.79. The highest BCUT2D eigenvalue weighted by atomic mass is 35.5. The number of benzene rings is 1. The van der Waals surface area contributed by atoms with E-state index in [2.05, 4.69) is 5.32 Å². The molecular weight excluding hydrogens is 338 g/mol. The Hall–Kier alpha value is -1.75. The van der Waals surface area contributed by atoms with E-state index in [9.17, 15) is 9.59 Å². The molecule has 0 aliphatic carbocycles. The molecule has 1 aliphatic rings. The Labute approximate surface area is 156 Å². The molecule has 0 spiro atoms. The summed E-state index contributed by atoms with van der Waals surface area (Å²) >= 11 is 0. The maximum atomic E-state index is 12.8. The van der Waals surface area contributed by atoms with E-state index in [-0.39, 0.29) is 29.6 Å². The zero-order chi connectivity index (χ0) is 17.9. The maximum absolute atomic E-state index is 12.8. The van der Waals surface area contributed by atoms with Crippen LogP contribution in [0.4, 0.5) is 5.69 Å². The zero-order valence-electron chi connectivity index (χ0n) is 15.6. The fraction of sp³-hybridized carbons (Fsp3) is 0.579. The van der Waals surface area contributed by atoms with Gasteiger partial charge in [0.05, 0.1) is 0 Å². The molecule has 0 radical (unpaired) electrons. The van der Waals surface area contributed by atoms with Gasteiger partial charge in [-0.25, -0.2) is 0 Å². The summed E-state index contributed by atoms with van der Waals surface area (Å²) in [6, 6.07) is 5.45. The fourth-order valence-electron chi connectivity index (χ4n) is 2.96. The zero-order valence-corrected chi connectivity index (χ0v) is 16.4. The molecule has 1 saturated heterocycles.